The first-order valence-electron chi connectivity index (χ1n) is 9.85. The molecule has 1 heterocycles. The van der Waals surface area contributed by atoms with Crippen LogP contribution in [0.2, 0.25) is 0 Å². The Balaban J connectivity index is 0.000000249. The fraction of sp³-hybridized carbons (Fsp3) is 0.0769. The number of para-hydroxylation sites is 1. The van der Waals surface area contributed by atoms with Gasteiger partial charge in [0.2, 0.25) is 0 Å². The van der Waals surface area contributed by atoms with Gasteiger partial charge in [0.1, 0.15) is 5.75 Å². The molecule has 0 spiro atoms. The maximum absolute atomic E-state index is 8.63. The van der Waals surface area contributed by atoms with Crippen LogP contribution in [0.3, 0.4) is 0 Å². The number of aromatic hydroxyl groups is 1. The average Bonchev–Trinajstić information content (AvgIpc) is 2.80. The quantitative estimate of drug-likeness (QED) is 0.537. The van der Waals surface area contributed by atoms with E-state index in [1.807, 2.05) is 12.1 Å². The molecule has 2 aliphatic rings. The number of hydrazine groups is 1. The van der Waals surface area contributed by atoms with Gasteiger partial charge in [0.15, 0.2) is 0 Å². The van der Waals surface area contributed by atoms with Gasteiger partial charge in [-0.1, -0.05) is 91.0 Å². The van der Waals surface area contributed by atoms with E-state index in [0.29, 0.717) is 5.75 Å². The van der Waals surface area contributed by atoms with E-state index in [0.717, 1.165) is 18.5 Å². The Hall–Kier alpha value is -3.72. The lowest BCUT2D eigenvalue weighted by Gasteiger charge is -2.30. The van der Waals surface area contributed by atoms with Crippen LogP contribution in [-0.4, -0.2) is 5.11 Å². The van der Waals surface area contributed by atoms with Crippen LogP contribution in [-0.2, 0) is 0 Å². The first-order chi connectivity index (χ1) is 14.3. The highest BCUT2D eigenvalue weighted by molar-refractivity contribution is 6.01. The smallest absolute Gasteiger partial charge is 0.115 e. The lowest BCUT2D eigenvalue weighted by molar-refractivity contribution is 0.475. The maximum atomic E-state index is 8.63. The summed E-state index contributed by atoms with van der Waals surface area (Å²) in [4.78, 5) is 0. The van der Waals surface area contributed by atoms with Crippen LogP contribution in [0.4, 0.5) is 0 Å². The molecule has 0 fully saturated rings. The van der Waals surface area contributed by atoms with E-state index in [4.69, 9.17) is 5.11 Å². The molecule has 3 heteroatoms. The Labute approximate surface area is 171 Å². The second-order valence-electron chi connectivity index (χ2n) is 6.88. The molecule has 0 radical (unpaired) electrons. The van der Waals surface area contributed by atoms with Crippen LogP contribution < -0.4 is 10.9 Å². The second-order valence-corrected chi connectivity index (χ2v) is 6.88. The summed E-state index contributed by atoms with van der Waals surface area (Å²) in [6.07, 6.45) is 6.80. The lowest BCUT2D eigenvalue weighted by Crippen LogP contribution is -2.36. The Morgan fingerprint density at radius 2 is 1.14 bits per heavy atom. The third kappa shape index (κ3) is 4.41. The maximum Gasteiger partial charge on any atom is 0.115 e. The SMILES string of the molecule is C1=C2NNC(c3ccccc3)=C(c3ccccc3)C2=CCC1.Oc1ccccc1. The largest absolute Gasteiger partial charge is 0.508 e. The molecule has 0 saturated heterocycles. The van der Waals surface area contributed by atoms with Gasteiger partial charge < -0.3 is 10.5 Å². The van der Waals surface area contributed by atoms with Crippen molar-refractivity contribution >= 4 is 11.3 Å². The highest BCUT2D eigenvalue weighted by atomic mass is 16.3. The highest BCUT2D eigenvalue weighted by Crippen LogP contribution is 2.38. The van der Waals surface area contributed by atoms with Gasteiger partial charge >= 0.3 is 0 Å². The third-order valence-electron chi connectivity index (χ3n) is 4.88. The summed E-state index contributed by atoms with van der Waals surface area (Å²) < 4.78 is 0. The number of nitrogens with one attached hydrogen (secondary N) is 2. The molecule has 0 amide bonds. The zero-order valence-electron chi connectivity index (χ0n) is 16.2. The van der Waals surface area contributed by atoms with Crippen LogP contribution >= 0.6 is 0 Å². The van der Waals surface area contributed by atoms with Gasteiger partial charge in [-0.2, -0.15) is 0 Å². The summed E-state index contributed by atoms with van der Waals surface area (Å²) in [7, 11) is 0. The molecule has 3 aromatic carbocycles. The average molecular weight is 380 g/mol. The molecule has 0 unspecified atom stereocenters. The number of phenolic OH excluding ortho intramolecular Hbond substituents is 1. The Morgan fingerprint density at radius 1 is 0.586 bits per heavy atom. The molecule has 3 nitrogen and oxygen atoms in total. The van der Waals surface area contributed by atoms with E-state index >= 15 is 0 Å². The number of hydrogen-bond acceptors (Lipinski definition) is 3. The molecule has 29 heavy (non-hydrogen) atoms. The summed E-state index contributed by atoms with van der Waals surface area (Å²) in [5, 5.41) is 8.63. The summed E-state index contributed by atoms with van der Waals surface area (Å²) in [6.45, 7) is 0. The minimum atomic E-state index is 0.322. The van der Waals surface area contributed by atoms with Crippen molar-refractivity contribution in [2.75, 3.05) is 0 Å². The fourth-order valence-corrected chi connectivity index (χ4v) is 3.51. The normalized spacial score (nSPS) is 14.9. The van der Waals surface area contributed by atoms with Gasteiger partial charge in [0, 0.05) is 16.7 Å². The van der Waals surface area contributed by atoms with Crippen molar-refractivity contribution < 1.29 is 5.11 Å². The Kier molecular flexibility index (Phi) is 5.77. The molecule has 3 aromatic rings. The van der Waals surface area contributed by atoms with Gasteiger partial charge in [-0.05, 0) is 30.5 Å². The molecular weight excluding hydrogens is 356 g/mol. The predicted octanol–water partition coefficient (Wildman–Crippen LogP) is 5.66. The van der Waals surface area contributed by atoms with Crippen molar-refractivity contribution in [1.29, 1.82) is 0 Å². The van der Waals surface area contributed by atoms with E-state index in [9.17, 15) is 0 Å². The fourth-order valence-electron chi connectivity index (χ4n) is 3.51. The molecule has 0 saturated carbocycles. The standard InChI is InChI=1S/C20H18N2.C6H6O/c1-3-9-15(10-4-1)19-17-13-7-8-14-18(17)21-22-20(19)16-11-5-2-6-12-16;7-6-4-2-1-3-5-6/h1-6,9-14,21-22H,7-8H2;1-5,7H. The van der Waals surface area contributed by atoms with Crippen molar-refractivity contribution in [2.24, 2.45) is 0 Å². The molecule has 0 bridgehead atoms. The molecule has 1 aliphatic carbocycles. The van der Waals surface area contributed by atoms with Crippen molar-refractivity contribution in [3.63, 3.8) is 0 Å². The summed E-state index contributed by atoms with van der Waals surface area (Å²) >= 11 is 0. The monoisotopic (exact) mass is 380 g/mol. The van der Waals surface area contributed by atoms with Crippen molar-refractivity contribution in [3.8, 4) is 5.75 Å². The van der Waals surface area contributed by atoms with E-state index in [1.165, 1.54) is 28.0 Å². The first kappa shape index (κ1) is 18.6. The molecule has 0 atom stereocenters. The van der Waals surface area contributed by atoms with Gasteiger partial charge in [-0.15, -0.1) is 0 Å². The number of fused-ring (bicyclic) bond motifs is 1. The zero-order chi connectivity index (χ0) is 19.9. The number of hydrogen-bond donors (Lipinski definition) is 3. The van der Waals surface area contributed by atoms with Crippen LogP contribution in [0.15, 0.2) is 114 Å². The van der Waals surface area contributed by atoms with E-state index < -0.39 is 0 Å². The molecular formula is C26H24N2O. The minimum Gasteiger partial charge on any atom is -0.508 e. The molecule has 5 rings (SSSR count). The van der Waals surface area contributed by atoms with Crippen LogP contribution in [0.1, 0.15) is 24.0 Å². The van der Waals surface area contributed by atoms with Crippen LogP contribution in [0, 0.1) is 0 Å². The third-order valence-corrected chi connectivity index (χ3v) is 4.88. The number of phenols is 1. The molecule has 3 N–H and O–H groups in total. The predicted molar refractivity (Wildman–Crippen MR) is 119 cm³/mol. The molecule has 144 valence electrons. The summed E-state index contributed by atoms with van der Waals surface area (Å²) in [5.74, 6) is 0.322. The van der Waals surface area contributed by atoms with Gasteiger partial charge in [0.25, 0.3) is 0 Å². The van der Waals surface area contributed by atoms with Crippen LogP contribution in [0.5, 0.6) is 5.75 Å². The van der Waals surface area contributed by atoms with Gasteiger partial charge in [-0.3, -0.25) is 5.43 Å². The Bertz CT molecular complexity index is 1040. The molecule has 0 aromatic heterocycles. The molecule has 1 aliphatic heterocycles. The van der Waals surface area contributed by atoms with Crippen molar-refractivity contribution in [3.05, 3.63) is 126 Å². The number of rotatable bonds is 2. The minimum absolute atomic E-state index is 0.322. The van der Waals surface area contributed by atoms with Gasteiger partial charge in [-0.25, -0.2) is 0 Å². The van der Waals surface area contributed by atoms with E-state index in [1.54, 1.807) is 24.3 Å². The van der Waals surface area contributed by atoms with Crippen LogP contribution in [0.25, 0.3) is 11.3 Å². The first-order valence-corrected chi connectivity index (χ1v) is 9.85. The van der Waals surface area contributed by atoms with E-state index in [-0.39, 0.29) is 0 Å². The van der Waals surface area contributed by atoms with Crippen molar-refractivity contribution in [1.82, 2.24) is 10.9 Å². The number of allylic oxidation sites excluding steroid dienone is 3. The number of benzene rings is 3. The topological polar surface area (TPSA) is 44.3 Å². The highest BCUT2D eigenvalue weighted by Gasteiger charge is 2.24. The summed E-state index contributed by atoms with van der Waals surface area (Å²) in [6, 6.07) is 29.8. The zero-order valence-corrected chi connectivity index (χ0v) is 16.2. The summed E-state index contributed by atoms with van der Waals surface area (Å²) in [5.41, 5.74) is 14.1. The Morgan fingerprint density at radius 3 is 1.72 bits per heavy atom. The lowest BCUT2D eigenvalue weighted by atomic mass is 9.87. The van der Waals surface area contributed by atoms with Crippen molar-refractivity contribution in [2.45, 2.75) is 12.8 Å². The van der Waals surface area contributed by atoms with E-state index in [2.05, 4.69) is 77.6 Å². The van der Waals surface area contributed by atoms with Gasteiger partial charge in [0.05, 0.1) is 11.4 Å². The second kappa shape index (κ2) is 8.98.